The predicted molar refractivity (Wildman–Crippen MR) is 76.3 cm³/mol. The van der Waals surface area contributed by atoms with Gasteiger partial charge in [-0.1, -0.05) is 26.8 Å². The molecule has 0 aromatic carbocycles. The van der Waals surface area contributed by atoms with Crippen LogP contribution in [0.4, 0.5) is 0 Å². The van der Waals surface area contributed by atoms with E-state index in [1.54, 1.807) is 0 Å². The molecular weight excluding hydrogens is 220 g/mol. The third-order valence-electron chi connectivity index (χ3n) is 4.21. The highest BCUT2D eigenvalue weighted by Gasteiger charge is 2.25. The zero-order valence-electron chi connectivity index (χ0n) is 12.0. The maximum atomic E-state index is 4.23. The number of aromatic nitrogens is 1. The van der Waals surface area contributed by atoms with Gasteiger partial charge in [-0.3, -0.25) is 9.88 Å². The minimum absolute atomic E-state index is 0.732. The Morgan fingerprint density at radius 3 is 2.83 bits per heavy atom. The van der Waals surface area contributed by atoms with E-state index in [1.165, 1.54) is 31.4 Å². The van der Waals surface area contributed by atoms with E-state index in [-0.39, 0.29) is 0 Å². The summed E-state index contributed by atoms with van der Waals surface area (Å²) in [7, 11) is 0. The fraction of sp³-hybridized carbons (Fsp3) is 0.688. The van der Waals surface area contributed by atoms with Crippen LogP contribution >= 0.6 is 0 Å². The molecule has 2 atom stereocenters. The van der Waals surface area contributed by atoms with Crippen molar-refractivity contribution < 1.29 is 0 Å². The monoisotopic (exact) mass is 246 g/mol. The molecule has 2 unspecified atom stereocenters. The Bertz CT molecular complexity index is 347. The van der Waals surface area contributed by atoms with Gasteiger partial charge in [0.2, 0.25) is 0 Å². The number of rotatable bonds is 3. The lowest BCUT2D eigenvalue weighted by molar-refractivity contribution is 0.149. The van der Waals surface area contributed by atoms with Gasteiger partial charge in [-0.25, -0.2) is 0 Å². The molecule has 2 heterocycles. The Balaban J connectivity index is 2.07. The van der Waals surface area contributed by atoms with Crippen LogP contribution in [-0.2, 0) is 6.54 Å². The highest BCUT2D eigenvalue weighted by Crippen LogP contribution is 2.27. The second kappa shape index (κ2) is 6.33. The molecule has 0 spiro atoms. The van der Waals surface area contributed by atoms with E-state index in [1.807, 2.05) is 18.5 Å². The van der Waals surface area contributed by atoms with Crippen molar-refractivity contribution in [3.8, 4) is 0 Å². The van der Waals surface area contributed by atoms with Crippen LogP contribution in [0, 0.1) is 11.8 Å². The molecule has 0 saturated carbocycles. The van der Waals surface area contributed by atoms with Crippen molar-refractivity contribution >= 4 is 0 Å². The SMILES string of the molecule is CC1CCC(C(C)C)N(Cc2cccnc2)CC1. The fourth-order valence-electron chi connectivity index (χ4n) is 3.01. The van der Waals surface area contributed by atoms with Gasteiger partial charge >= 0.3 is 0 Å². The molecule has 0 bridgehead atoms. The fourth-order valence-corrected chi connectivity index (χ4v) is 3.01. The molecule has 100 valence electrons. The molecule has 0 radical (unpaired) electrons. The lowest BCUT2D eigenvalue weighted by Crippen LogP contribution is -2.38. The third kappa shape index (κ3) is 3.55. The molecule has 2 nitrogen and oxygen atoms in total. The Labute approximate surface area is 111 Å². The average molecular weight is 246 g/mol. The standard InChI is InChI=1S/C16H26N2/c1-13(2)16-7-6-14(3)8-10-18(16)12-15-5-4-9-17-11-15/h4-5,9,11,13-14,16H,6-8,10,12H2,1-3H3. The van der Waals surface area contributed by atoms with Gasteiger partial charge in [0.25, 0.3) is 0 Å². The van der Waals surface area contributed by atoms with Crippen LogP contribution in [0.3, 0.4) is 0 Å². The molecule has 1 fully saturated rings. The summed E-state index contributed by atoms with van der Waals surface area (Å²) in [5.41, 5.74) is 1.35. The molecule has 1 aromatic heterocycles. The minimum Gasteiger partial charge on any atom is -0.296 e. The van der Waals surface area contributed by atoms with Gasteiger partial charge in [-0.05, 0) is 49.3 Å². The van der Waals surface area contributed by atoms with Crippen LogP contribution < -0.4 is 0 Å². The minimum atomic E-state index is 0.732. The van der Waals surface area contributed by atoms with Crippen molar-refractivity contribution in [2.45, 2.75) is 52.6 Å². The van der Waals surface area contributed by atoms with Gasteiger partial charge in [-0.15, -0.1) is 0 Å². The van der Waals surface area contributed by atoms with Crippen LogP contribution in [0.15, 0.2) is 24.5 Å². The zero-order chi connectivity index (χ0) is 13.0. The summed E-state index contributed by atoms with van der Waals surface area (Å²) in [4.78, 5) is 6.90. The highest BCUT2D eigenvalue weighted by atomic mass is 15.2. The topological polar surface area (TPSA) is 16.1 Å². The number of pyridine rings is 1. The van der Waals surface area contributed by atoms with Gasteiger partial charge in [0.1, 0.15) is 0 Å². The van der Waals surface area contributed by atoms with Gasteiger partial charge in [-0.2, -0.15) is 0 Å². The first kappa shape index (κ1) is 13.5. The van der Waals surface area contributed by atoms with E-state index in [4.69, 9.17) is 0 Å². The van der Waals surface area contributed by atoms with Crippen molar-refractivity contribution in [1.82, 2.24) is 9.88 Å². The largest absolute Gasteiger partial charge is 0.296 e. The lowest BCUT2D eigenvalue weighted by Gasteiger charge is -2.32. The van der Waals surface area contributed by atoms with E-state index < -0.39 is 0 Å². The Morgan fingerprint density at radius 2 is 2.17 bits per heavy atom. The number of nitrogens with zero attached hydrogens (tertiary/aromatic N) is 2. The highest BCUT2D eigenvalue weighted by molar-refractivity contribution is 5.08. The smallest absolute Gasteiger partial charge is 0.0312 e. The van der Waals surface area contributed by atoms with Crippen molar-refractivity contribution in [1.29, 1.82) is 0 Å². The average Bonchev–Trinajstić information content (AvgIpc) is 2.53. The molecule has 1 aromatic rings. The summed E-state index contributed by atoms with van der Waals surface area (Å²) >= 11 is 0. The Morgan fingerprint density at radius 1 is 1.33 bits per heavy atom. The Kier molecular flexibility index (Phi) is 4.76. The first-order chi connectivity index (χ1) is 8.66. The van der Waals surface area contributed by atoms with Gasteiger partial charge in [0.05, 0.1) is 0 Å². The summed E-state index contributed by atoms with van der Waals surface area (Å²) in [6, 6.07) is 4.97. The van der Waals surface area contributed by atoms with Crippen LogP contribution in [0.5, 0.6) is 0 Å². The Hall–Kier alpha value is -0.890. The quantitative estimate of drug-likeness (QED) is 0.808. The summed E-state index contributed by atoms with van der Waals surface area (Å²) in [5, 5.41) is 0. The summed E-state index contributed by atoms with van der Waals surface area (Å²) in [6.45, 7) is 9.40. The molecule has 1 saturated heterocycles. The second-order valence-corrected chi connectivity index (χ2v) is 6.11. The van der Waals surface area contributed by atoms with E-state index in [0.717, 1.165) is 24.4 Å². The van der Waals surface area contributed by atoms with E-state index in [0.29, 0.717) is 0 Å². The van der Waals surface area contributed by atoms with E-state index in [9.17, 15) is 0 Å². The first-order valence-electron chi connectivity index (χ1n) is 7.29. The molecule has 0 aliphatic carbocycles. The number of hydrogen-bond acceptors (Lipinski definition) is 2. The lowest BCUT2D eigenvalue weighted by atomic mass is 9.95. The van der Waals surface area contributed by atoms with Crippen LogP contribution in [0.1, 0.15) is 45.6 Å². The van der Waals surface area contributed by atoms with Crippen molar-refractivity contribution in [2.24, 2.45) is 11.8 Å². The van der Waals surface area contributed by atoms with Crippen molar-refractivity contribution in [3.05, 3.63) is 30.1 Å². The number of hydrogen-bond donors (Lipinski definition) is 0. The molecule has 2 rings (SSSR count). The molecule has 18 heavy (non-hydrogen) atoms. The molecular formula is C16H26N2. The summed E-state index contributed by atoms with van der Waals surface area (Å²) in [5.74, 6) is 1.62. The predicted octanol–water partition coefficient (Wildman–Crippen LogP) is 3.73. The van der Waals surface area contributed by atoms with Gasteiger partial charge in [0.15, 0.2) is 0 Å². The van der Waals surface area contributed by atoms with Crippen LogP contribution in [0.25, 0.3) is 0 Å². The molecule has 2 heteroatoms. The molecule has 0 amide bonds. The second-order valence-electron chi connectivity index (χ2n) is 6.11. The zero-order valence-corrected chi connectivity index (χ0v) is 12.0. The van der Waals surface area contributed by atoms with Crippen LogP contribution in [-0.4, -0.2) is 22.5 Å². The van der Waals surface area contributed by atoms with Gasteiger partial charge in [0, 0.05) is 25.0 Å². The van der Waals surface area contributed by atoms with E-state index >= 15 is 0 Å². The van der Waals surface area contributed by atoms with Crippen molar-refractivity contribution in [3.63, 3.8) is 0 Å². The summed E-state index contributed by atoms with van der Waals surface area (Å²) < 4.78 is 0. The number of likely N-dealkylation sites (tertiary alicyclic amines) is 1. The van der Waals surface area contributed by atoms with E-state index in [2.05, 4.69) is 36.7 Å². The first-order valence-corrected chi connectivity index (χ1v) is 7.29. The van der Waals surface area contributed by atoms with Crippen molar-refractivity contribution in [2.75, 3.05) is 6.54 Å². The molecule has 1 aliphatic rings. The summed E-state index contributed by atoms with van der Waals surface area (Å²) in [6.07, 6.45) is 7.93. The molecule has 1 aliphatic heterocycles. The molecule has 0 N–H and O–H groups in total. The third-order valence-corrected chi connectivity index (χ3v) is 4.21. The van der Waals surface area contributed by atoms with Gasteiger partial charge < -0.3 is 0 Å². The maximum absolute atomic E-state index is 4.23. The normalized spacial score (nSPS) is 26.2. The maximum Gasteiger partial charge on any atom is 0.0312 e. The van der Waals surface area contributed by atoms with Crippen LogP contribution in [0.2, 0.25) is 0 Å².